The normalized spacial score (nSPS) is 10.5. The van der Waals surface area contributed by atoms with Gasteiger partial charge in [-0.15, -0.1) is 0 Å². The molecule has 2 heterocycles. The van der Waals surface area contributed by atoms with Crippen molar-refractivity contribution in [2.45, 2.75) is 26.7 Å². The summed E-state index contributed by atoms with van der Waals surface area (Å²) in [4.78, 5) is 47.8. The monoisotopic (exact) mass is 406 g/mol. The van der Waals surface area contributed by atoms with Crippen molar-refractivity contribution in [2.24, 2.45) is 0 Å². The van der Waals surface area contributed by atoms with E-state index in [1.54, 1.807) is 49.6 Å². The van der Waals surface area contributed by atoms with Crippen LogP contribution in [0.25, 0.3) is 11.4 Å². The number of aromatic nitrogens is 3. The molecule has 3 aromatic rings. The average Bonchev–Trinajstić information content (AvgIpc) is 2.74. The first-order valence-corrected chi connectivity index (χ1v) is 9.38. The predicted molar refractivity (Wildman–Crippen MR) is 112 cm³/mol. The number of anilines is 1. The second-order valence-corrected chi connectivity index (χ2v) is 6.78. The van der Waals surface area contributed by atoms with Crippen LogP contribution in [0.5, 0.6) is 0 Å². The first-order chi connectivity index (χ1) is 14.4. The number of rotatable bonds is 6. The first kappa shape index (κ1) is 20.9. The number of carbonyl (C=O) groups excluding carboxylic acids is 2. The van der Waals surface area contributed by atoms with E-state index in [0.29, 0.717) is 28.3 Å². The lowest BCUT2D eigenvalue weighted by Crippen LogP contribution is -2.20. The molecule has 3 rings (SSSR count). The quantitative estimate of drug-likeness (QED) is 0.609. The SMILES string of the molecule is COC(=O)c1ccc(C)c(NC(=O)CCc2c(C)nc(-c3ccncc3)[nH]c2=O)c1. The van der Waals surface area contributed by atoms with Gasteiger partial charge in [0.25, 0.3) is 5.56 Å². The van der Waals surface area contributed by atoms with Gasteiger partial charge in [-0.2, -0.15) is 0 Å². The van der Waals surface area contributed by atoms with Gasteiger partial charge in [0.15, 0.2) is 0 Å². The zero-order valence-electron chi connectivity index (χ0n) is 17.0. The fourth-order valence-corrected chi connectivity index (χ4v) is 3.00. The summed E-state index contributed by atoms with van der Waals surface area (Å²) in [5, 5.41) is 2.79. The summed E-state index contributed by atoms with van der Waals surface area (Å²) in [5.74, 6) is -0.284. The van der Waals surface area contributed by atoms with Gasteiger partial charge in [-0.25, -0.2) is 9.78 Å². The molecule has 8 nitrogen and oxygen atoms in total. The number of amides is 1. The minimum Gasteiger partial charge on any atom is -0.465 e. The molecule has 0 radical (unpaired) electrons. The van der Waals surface area contributed by atoms with Gasteiger partial charge >= 0.3 is 5.97 Å². The van der Waals surface area contributed by atoms with Crippen LogP contribution in [-0.2, 0) is 16.0 Å². The molecule has 8 heteroatoms. The number of benzene rings is 1. The molecule has 1 aromatic carbocycles. The van der Waals surface area contributed by atoms with Crippen molar-refractivity contribution in [3.63, 3.8) is 0 Å². The summed E-state index contributed by atoms with van der Waals surface area (Å²) < 4.78 is 4.71. The molecule has 0 aliphatic carbocycles. The van der Waals surface area contributed by atoms with Crippen LogP contribution in [0.2, 0.25) is 0 Å². The number of carbonyl (C=O) groups is 2. The van der Waals surface area contributed by atoms with Crippen LogP contribution in [0, 0.1) is 13.8 Å². The van der Waals surface area contributed by atoms with E-state index in [0.717, 1.165) is 11.1 Å². The van der Waals surface area contributed by atoms with Gasteiger partial charge in [0.2, 0.25) is 5.91 Å². The third-order valence-corrected chi connectivity index (χ3v) is 4.71. The zero-order valence-corrected chi connectivity index (χ0v) is 17.0. The van der Waals surface area contributed by atoms with E-state index in [1.807, 2.05) is 6.92 Å². The Hall–Kier alpha value is -3.81. The highest BCUT2D eigenvalue weighted by atomic mass is 16.5. The number of hydrogen-bond acceptors (Lipinski definition) is 6. The van der Waals surface area contributed by atoms with Crippen LogP contribution in [0.4, 0.5) is 5.69 Å². The summed E-state index contributed by atoms with van der Waals surface area (Å²) in [6, 6.07) is 8.46. The molecular formula is C22H22N4O4. The molecule has 0 atom stereocenters. The molecule has 0 aliphatic heterocycles. The molecule has 0 unspecified atom stereocenters. The lowest BCUT2D eigenvalue weighted by molar-refractivity contribution is -0.116. The highest BCUT2D eigenvalue weighted by Gasteiger charge is 2.14. The topological polar surface area (TPSA) is 114 Å². The molecule has 0 saturated heterocycles. The molecule has 0 fully saturated rings. The second-order valence-electron chi connectivity index (χ2n) is 6.78. The van der Waals surface area contributed by atoms with Crippen molar-refractivity contribution in [2.75, 3.05) is 12.4 Å². The highest BCUT2D eigenvalue weighted by Crippen LogP contribution is 2.18. The number of H-pyrrole nitrogens is 1. The Balaban J connectivity index is 1.71. The minimum atomic E-state index is -0.479. The lowest BCUT2D eigenvalue weighted by Gasteiger charge is -2.11. The van der Waals surface area contributed by atoms with Gasteiger partial charge in [-0.3, -0.25) is 14.6 Å². The minimum absolute atomic E-state index is 0.0993. The van der Waals surface area contributed by atoms with Crippen molar-refractivity contribution >= 4 is 17.6 Å². The summed E-state index contributed by atoms with van der Waals surface area (Å²) in [5.41, 5.74) is 3.21. The van der Waals surface area contributed by atoms with Gasteiger partial charge in [0.1, 0.15) is 5.82 Å². The number of nitrogens with zero attached hydrogens (tertiary/aromatic N) is 2. The summed E-state index contributed by atoms with van der Waals surface area (Å²) >= 11 is 0. The van der Waals surface area contributed by atoms with E-state index < -0.39 is 5.97 Å². The maximum absolute atomic E-state index is 12.5. The first-order valence-electron chi connectivity index (χ1n) is 9.38. The number of aromatic amines is 1. The Morgan fingerprint density at radius 1 is 1.13 bits per heavy atom. The number of hydrogen-bond donors (Lipinski definition) is 2. The summed E-state index contributed by atoms with van der Waals surface area (Å²) in [7, 11) is 1.30. The number of methoxy groups -OCH3 is 1. The van der Waals surface area contributed by atoms with Crippen LogP contribution in [0.1, 0.15) is 33.6 Å². The Kier molecular flexibility index (Phi) is 6.36. The van der Waals surface area contributed by atoms with E-state index in [9.17, 15) is 14.4 Å². The summed E-state index contributed by atoms with van der Waals surface area (Å²) in [6.07, 6.45) is 3.59. The number of ether oxygens (including phenoxy) is 1. The molecule has 0 spiro atoms. The number of aryl methyl sites for hydroxylation is 2. The van der Waals surface area contributed by atoms with E-state index in [1.165, 1.54) is 7.11 Å². The van der Waals surface area contributed by atoms with Gasteiger partial charge in [-0.1, -0.05) is 6.07 Å². The molecule has 1 amide bonds. The van der Waals surface area contributed by atoms with Crippen LogP contribution in [-0.4, -0.2) is 33.9 Å². The van der Waals surface area contributed by atoms with Crippen LogP contribution in [0.15, 0.2) is 47.5 Å². The van der Waals surface area contributed by atoms with Gasteiger partial charge < -0.3 is 15.0 Å². The fraction of sp³-hybridized carbons (Fsp3) is 0.227. The highest BCUT2D eigenvalue weighted by molar-refractivity contribution is 5.95. The predicted octanol–water partition coefficient (Wildman–Crippen LogP) is 2.81. The van der Waals surface area contributed by atoms with Crippen molar-refractivity contribution in [3.05, 3.63) is 75.5 Å². The molecule has 0 saturated carbocycles. The molecular weight excluding hydrogens is 384 g/mol. The molecule has 0 bridgehead atoms. The van der Waals surface area contributed by atoms with Gasteiger partial charge in [0.05, 0.1) is 12.7 Å². The van der Waals surface area contributed by atoms with E-state index >= 15 is 0 Å². The van der Waals surface area contributed by atoms with E-state index in [4.69, 9.17) is 4.74 Å². The van der Waals surface area contributed by atoms with Crippen LogP contribution >= 0.6 is 0 Å². The maximum atomic E-state index is 12.5. The third-order valence-electron chi connectivity index (χ3n) is 4.71. The molecule has 2 aromatic heterocycles. The van der Waals surface area contributed by atoms with Crippen LogP contribution < -0.4 is 10.9 Å². The van der Waals surface area contributed by atoms with Crippen molar-refractivity contribution in [1.82, 2.24) is 15.0 Å². The molecule has 2 N–H and O–H groups in total. The van der Waals surface area contributed by atoms with E-state index in [2.05, 4.69) is 20.3 Å². The van der Waals surface area contributed by atoms with Crippen molar-refractivity contribution in [3.8, 4) is 11.4 Å². The number of nitrogens with one attached hydrogen (secondary N) is 2. The zero-order chi connectivity index (χ0) is 21.7. The Morgan fingerprint density at radius 3 is 2.53 bits per heavy atom. The second kappa shape index (κ2) is 9.13. The molecule has 30 heavy (non-hydrogen) atoms. The standard InChI is InChI=1S/C22H22N4O4/c1-13-4-5-16(22(29)30-3)12-18(13)25-19(27)7-6-17-14(2)24-20(26-21(17)28)15-8-10-23-11-9-15/h4-5,8-12H,6-7H2,1-3H3,(H,25,27)(H,24,26,28). The summed E-state index contributed by atoms with van der Waals surface area (Å²) in [6.45, 7) is 3.57. The van der Waals surface area contributed by atoms with Crippen molar-refractivity contribution in [1.29, 1.82) is 0 Å². The number of esters is 1. The number of pyridine rings is 1. The Morgan fingerprint density at radius 2 is 1.87 bits per heavy atom. The van der Waals surface area contributed by atoms with Gasteiger partial charge in [-0.05, 0) is 50.1 Å². The molecule has 154 valence electrons. The lowest BCUT2D eigenvalue weighted by atomic mass is 10.1. The van der Waals surface area contributed by atoms with E-state index in [-0.39, 0.29) is 24.3 Å². The maximum Gasteiger partial charge on any atom is 0.337 e. The van der Waals surface area contributed by atoms with Crippen molar-refractivity contribution < 1.29 is 14.3 Å². The van der Waals surface area contributed by atoms with Crippen LogP contribution in [0.3, 0.4) is 0 Å². The third kappa shape index (κ3) is 4.78. The Bertz CT molecular complexity index is 1140. The fourth-order valence-electron chi connectivity index (χ4n) is 3.00. The van der Waals surface area contributed by atoms with Gasteiger partial charge in [0, 0.05) is 41.3 Å². The largest absolute Gasteiger partial charge is 0.465 e. The smallest absolute Gasteiger partial charge is 0.337 e. The molecule has 0 aliphatic rings. The Labute approximate surface area is 173 Å². The average molecular weight is 406 g/mol.